The minimum absolute atomic E-state index is 0.574. The highest BCUT2D eigenvalue weighted by atomic mass is 16.5. The molecule has 1 aromatic heterocycles. The van der Waals surface area contributed by atoms with Crippen molar-refractivity contribution in [1.29, 1.82) is 0 Å². The second-order valence-electron chi connectivity index (χ2n) is 4.56. The van der Waals surface area contributed by atoms with E-state index in [-0.39, 0.29) is 0 Å². The van der Waals surface area contributed by atoms with E-state index >= 15 is 0 Å². The van der Waals surface area contributed by atoms with Crippen LogP contribution in [0, 0.1) is 5.92 Å². The molecule has 1 aliphatic heterocycles. The Morgan fingerprint density at radius 3 is 3.33 bits per heavy atom. The fourth-order valence-electron chi connectivity index (χ4n) is 1.90. The van der Waals surface area contributed by atoms with Gasteiger partial charge in [-0.2, -0.15) is 0 Å². The van der Waals surface area contributed by atoms with Crippen molar-refractivity contribution in [2.75, 3.05) is 33.0 Å². The summed E-state index contributed by atoms with van der Waals surface area (Å²) < 4.78 is 12.8. The van der Waals surface area contributed by atoms with Crippen LogP contribution in [0.1, 0.15) is 19.0 Å². The Balaban J connectivity index is 1.59. The number of nitrogens with one attached hydrogen (secondary N) is 1. The Morgan fingerprint density at radius 1 is 1.61 bits per heavy atom. The Bertz CT molecular complexity index is 337. The molecular formula is C12H22N4O2. The van der Waals surface area contributed by atoms with Crippen LogP contribution in [0.15, 0.2) is 6.20 Å². The van der Waals surface area contributed by atoms with Crippen molar-refractivity contribution < 1.29 is 9.47 Å². The summed E-state index contributed by atoms with van der Waals surface area (Å²) in [6.07, 6.45) is 3.08. The van der Waals surface area contributed by atoms with Crippen molar-refractivity contribution in [1.82, 2.24) is 20.3 Å². The van der Waals surface area contributed by atoms with Crippen LogP contribution in [0.4, 0.5) is 0 Å². The molecule has 0 saturated carbocycles. The van der Waals surface area contributed by atoms with E-state index in [0.29, 0.717) is 12.5 Å². The third-order valence-electron chi connectivity index (χ3n) is 2.98. The minimum Gasteiger partial charge on any atom is -0.381 e. The average Bonchev–Trinajstić information content (AvgIpc) is 3.04. The van der Waals surface area contributed by atoms with E-state index in [1.165, 1.54) is 0 Å². The van der Waals surface area contributed by atoms with Crippen molar-refractivity contribution in [2.45, 2.75) is 26.4 Å². The van der Waals surface area contributed by atoms with Gasteiger partial charge in [-0.3, -0.25) is 0 Å². The molecule has 18 heavy (non-hydrogen) atoms. The molecule has 1 aromatic rings. The SMILES string of the molecule is CCNCc1cn(CCOCC2CCOC2)nn1. The summed E-state index contributed by atoms with van der Waals surface area (Å²) in [7, 11) is 0. The summed E-state index contributed by atoms with van der Waals surface area (Å²) in [6, 6.07) is 0. The number of hydrogen-bond acceptors (Lipinski definition) is 5. The zero-order valence-corrected chi connectivity index (χ0v) is 11.0. The molecule has 102 valence electrons. The summed E-state index contributed by atoms with van der Waals surface area (Å²) in [4.78, 5) is 0. The molecule has 0 radical (unpaired) electrons. The van der Waals surface area contributed by atoms with Gasteiger partial charge in [-0.1, -0.05) is 12.1 Å². The van der Waals surface area contributed by atoms with Crippen LogP contribution in [0.25, 0.3) is 0 Å². The Hall–Kier alpha value is -0.980. The van der Waals surface area contributed by atoms with E-state index in [1.807, 2.05) is 10.9 Å². The molecule has 1 atom stereocenters. The maximum absolute atomic E-state index is 5.63. The van der Waals surface area contributed by atoms with Gasteiger partial charge in [-0.15, -0.1) is 5.10 Å². The highest BCUT2D eigenvalue weighted by molar-refractivity contribution is 4.91. The molecule has 1 unspecified atom stereocenters. The van der Waals surface area contributed by atoms with Crippen LogP contribution in [0.5, 0.6) is 0 Å². The third-order valence-corrected chi connectivity index (χ3v) is 2.98. The molecule has 2 heterocycles. The standard InChI is InChI=1S/C12H22N4O2/c1-2-13-7-12-8-16(15-14-12)4-6-18-10-11-3-5-17-9-11/h8,11,13H,2-7,9-10H2,1H3. The molecule has 2 rings (SSSR count). The zero-order valence-electron chi connectivity index (χ0n) is 11.0. The van der Waals surface area contributed by atoms with Crippen molar-refractivity contribution in [3.63, 3.8) is 0 Å². The third kappa shape index (κ3) is 4.36. The normalized spacial score (nSPS) is 19.5. The Morgan fingerprint density at radius 2 is 2.56 bits per heavy atom. The van der Waals surface area contributed by atoms with Crippen molar-refractivity contribution in [3.05, 3.63) is 11.9 Å². The van der Waals surface area contributed by atoms with Crippen LogP contribution in [0.3, 0.4) is 0 Å². The summed E-state index contributed by atoms with van der Waals surface area (Å²) in [5.41, 5.74) is 0.973. The number of nitrogens with zero attached hydrogens (tertiary/aromatic N) is 3. The van der Waals surface area contributed by atoms with Crippen LogP contribution >= 0.6 is 0 Å². The van der Waals surface area contributed by atoms with E-state index < -0.39 is 0 Å². The maximum Gasteiger partial charge on any atom is 0.0964 e. The number of hydrogen-bond donors (Lipinski definition) is 1. The first kappa shape index (κ1) is 13.5. The first-order chi connectivity index (χ1) is 8.88. The molecule has 6 nitrogen and oxygen atoms in total. The monoisotopic (exact) mass is 254 g/mol. The zero-order chi connectivity index (χ0) is 12.6. The van der Waals surface area contributed by atoms with Gasteiger partial charge in [-0.25, -0.2) is 4.68 Å². The van der Waals surface area contributed by atoms with Crippen molar-refractivity contribution >= 4 is 0 Å². The molecule has 1 aliphatic rings. The molecule has 1 fully saturated rings. The molecule has 6 heteroatoms. The summed E-state index contributed by atoms with van der Waals surface area (Å²) in [5, 5.41) is 11.4. The topological polar surface area (TPSA) is 61.2 Å². The van der Waals surface area contributed by atoms with E-state index in [4.69, 9.17) is 9.47 Å². The van der Waals surface area contributed by atoms with Gasteiger partial charge in [0.2, 0.25) is 0 Å². The van der Waals surface area contributed by atoms with E-state index in [9.17, 15) is 0 Å². The smallest absolute Gasteiger partial charge is 0.0964 e. The van der Waals surface area contributed by atoms with Gasteiger partial charge in [0.25, 0.3) is 0 Å². The number of rotatable bonds is 8. The average molecular weight is 254 g/mol. The molecule has 0 amide bonds. The second kappa shape index (κ2) is 7.45. The van der Waals surface area contributed by atoms with E-state index in [2.05, 4.69) is 22.6 Å². The summed E-state index contributed by atoms with van der Waals surface area (Å²) >= 11 is 0. The Kier molecular flexibility index (Phi) is 5.57. The molecule has 0 spiro atoms. The number of aromatic nitrogens is 3. The fourth-order valence-corrected chi connectivity index (χ4v) is 1.90. The highest BCUT2D eigenvalue weighted by Crippen LogP contribution is 2.12. The minimum atomic E-state index is 0.574. The summed E-state index contributed by atoms with van der Waals surface area (Å²) in [5.74, 6) is 0.574. The fraction of sp³-hybridized carbons (Fsp3) is 0.833. The van der Waals surface area contributed by atoms with Crippen molar-refractivity contribution in [3.8, 4) is 0 Å². The number of ether oxygens (including phenoxy) is 2. The quantitative estimate of drug-likeness (QED) is 0.682. The van der Waals surface area contributed by atoms with Gasteiger partial charge >= 0.3 is 0 Å². The highest BCUT2D eigenvalue weighted by Gasteiger charge is 2.15. The lowest BCUT2D eigenvalue weighted by Gasteiger charge is -2.08. The molecular weight excluding hydrogens is 232 g/mol. The molecule has 1 N–H and O–H groups in total. The van der Waals surface area contributed by atoms with Crippen LogP contribution in [0.2, 0.25) is 0 Å². The van der Waals surface area contributed by atoms with E-state index in [1.54, 1.807) is 0 Å². The second-order valence-corrected chi connectivity index (χ2v) is 4.56. The first-order valence-corrected chi connectivity index (χ1v) is 6.63. The lowest BCUT2D eigenvalue weighted by atomic mass is 10.1. The predicted molar refractivity (Wildman–Crippen MR) is 67.1 cm³/mol. The van der Waals surface area contributed by atoms with Crippen LogP contribution < -0.4 is 5.32 Å². The van der Waals surface area contributed by atoms with Gasteiger partial charge < -0.3 is 14.8 Å². The van der Waals surface area contributed by atoms with Crippen LogP contribution in [-0.4, -0.2) is 48.0 Å². The maximum atomic E-state index is 5.63. The molecule has 1 saturated heterocycles. The lowest BCUT2D eigenvalue weighted by molar-refractivity contribution is 0.0828. The first-order valence-electron chi connectivity index (χ1n) is 6.63. The molecule has 0 aliphatic carbocycles. The molecule has 0 bridgehead atoms. The van der Waals surface area contributed by atoms with Gasteiger partial charge in [0.1, 0.15) is 0 Å². The largest absolute Gasteiger partial charge is 0.381 e. The lowest BCUT2D eigenvalue weighted by Crippen LogP contribution is -2.13. The predicted octanol–water partition coefficient (Wildman–Crippen LogP) is 0.441. The van der Waals surface area contributed by atoms with Gasteiger partial charge in [-0.05, 0) is 13.0 Å². The van der Waals surface area contributed by atoms with E-state index in [0.717, 1.165) is 51.6 Å². The Labute approximate surface area is 108 Å². The van der Waals surface area contributed by atoms with Gasteiger partial charge in [0.15, 0.2) is 0 Å². The van der Waals surface area contributed by atoms with Crippen LogP contribution in [-0.2, 0) is 22.6 Å². The van der Waals surface area contributed by atoms with Crippen molar-refractivity contribution in [2.24, 2.45) is 5.92 Å². The van der Waals surface area contributed by atoms with Gasteiger partial charge in [0.05, 0.1) is 32.1 Å². The molecule has 0 aromatic carbocycles. The summed E-state index contributed by atoms with van der Waals surface area (Å²) in [6.45, 7) is 7.74. The van der Waals surface area contributed by atoms with Gasteiger partial charge in [0, 0.05) is 25.3 Å².